The lowest BCUT2D eigenvalue weighted by molar-refractivity contribution is 0.416. The highest BCUT2D eigenvalue weighted by Crippen LogP contribution is 2.14. The molecule has 0 amide bonds. The normalized spacial score (nSPS) is 9.50. The predicted octanol–water partition coefficient (Wildman–Crippen LogP) is 1.90. The fraction of sp³-hybridized carbons (Fsp3) is 0.222. The summed E-state index contributed by atoms with van der Waals surface area (Å²) >= 11 is 4.95. The molecule has 1 rings (SSSR count). The van der Waals surface area contributed by atoms with Gasteiger partial charge in [-0.05, 0) is 36.8 Å². The molecule has 64 valence electrons. The second kappa shape index (κ2) is 3.54. The van der Waals surface area contributed by atoms with Crippen molar-refractivity contribution in [2.45, 2.75) is 6.92 Å². The number of nitrogens with two attached hydrogens (primary N) is 1. The molecular formula is C9H11NOS. The van der Waals surface area contributed by atoms with Crippen LogP contribution in [0.3, 0.4) is 0 Å². The van der Waals surface area contributed by atoms with Crippen LogP contribution in [0.1, 0.15) is 11.1 Å². The smallest absolute Gasteiger partial charge is 0.192 e. The fourth-order valence-electron chi connectivity index (χ4n) is 0.978. The lowest BCUT2D eigenvalue weighted by Gasteiger charge is -2.06. The number of hydrogen-bond donors (Lipinski definition) is 1. The van der Waals surface area contributed by atoms with E-state index < -0.39 is 0 Å². The summed E-state index contributed by atoms with van der Waals surface area (Å²) in [4.78, 5) is 0. The van der Waals surface area contributed by atoms with Crippen LogP contribution in [-0.4, -0.2) is 12.2 Å². The number of aryl methyl sites for hydroxylation is 1. The molecule has 0 aliphatic carbocycles. The second-order valence-corrected chi connectivity index (χ2v) is 2.95. The molecule has 0 saturated heterocycles. The van der Waals surface area contributed by atoms with Crippen LogP contribution in [0.5, 0.6) is 0 Å². The maximum atomic E-state index is 5.73. The van der Waals surface area contributed by atoms with E-state index in [-0.39, 0.29) is 0 Å². The van der Waals surface area contributed by atoms with Gasteiger partial charge in [-0.1, -0.05) is 6.07 Å². The molecule has 0 heterocycles. The van der Waals surface area contributed by atoms with Gasteiger partial charge in [0.1, 0.15) is 0 Å². The summed E-state index contributed by atoms with van der Waals surface area (Å²) in [5.74, 6) is 0. The van der Waals surface area contributed by atoms with E-state index in [1.807, 2.05) is 25.1 Å². The molecule has 0 aliphatic rings. The van der Waals surface area contributed by atoms with Crippen LogP contribution in [0.15, 0.2) is 18.2 Å². The molecule has 12 heavy (non-hydrogen) atoms. The molecule has 0 bridgehead atoms. The van der Waals surface area contributed by atoms with Gasteiger partial charge in [-0.3, -0.25) is 0 Å². The van der Waals surface area contributed by atoms with Gasteiger partial charge in [0.2, 0.25) is 0 Å². The average Bonchev–Trinajstić information content (AvgIpc) is 2.03. The number of nitrogen functional groups attached to an aromatic ring is 1. The number of benzene rings is 1. The van der Waals surface area contributed by atoms with Crippen molar-refractivity contribution in [2.75, 3.05) is 12.8 Å². The van der Waals surface area contributed by atoms with E-state index in [1.165, 1.54) is 0 Å². The molecule has 0 unspecified atom stereocenters. The maximum absolute atomic E-state index is 5.73. The van der Waals surface area contributed by atoms with E-state index in [2.05, 4.69) is 0 Å². The SMILES string of the molecule is COC(=S)c1ccc(C)cc1N. The Balaban J connectivity index is 3.09. The van der Waals surface area contributed by atoms with Crippen LogP contribution < -0.4 is 5.73 Å². The number of rotatable bonds is 1. The van der Waals surface area contributed by atoms with Crippen molar-refractivity contribution in [1.82, 2.24) is 0 Å². The van der Waals surface area contributed by atoms with Crippen LogP contribution in [0, 0.1) is 6.92 Å². The third kappa shape index (κ3) is 1.74. The largest absolute Gasteiger partial charge is 0.486 e. The van der Waals surface area contributed by atoms with Crippen molar-refractivity contribution < 1.29 is 4.74 Å². The Hall–Kier alpha value is -1.09. The molecule has 0 saturated carbocycles. The summed E-state index contributed by atoms with van der Waals surface area (Å²) in [5.41, 5.74) is 8.31. The molecule has 1 aromatic rings. The zero-order valence-electron chi connectivity index (χ0n) is 7.13. The molecule has 0 atom stereocenters. The van der Waals surface area contributed by atoms with Gasteiger partial charge in [-0.2, -0.15) is 0 Å². The summed E-state index contributed by atoms with van der Waals surface area (Å²) in [7, 11) is 1.54. The van der Waals surface area contributed by atoms with Crippen molar-refractivity contribution in [1.29, 1.82) is 0 Å². The summed E-state index contributed by atoms with van der Waals surface area (Å²) in [6.07, 6.45) is 0. The highest BCUT2D eigenvalue weighted by molar-refractivity contribution is 7.80. The standard InChI is InChI=1S/C9H11NOS/c1-6-3-4-7(8(10)5-6)9(12)11-2/h3-5H,10H2,1-2H3. The monoisotopic (exact) mass is 181 g/mol. The summed E-state index contributed by atoms with van der Waals surface area (Å²) < 4.78 is 4.91. The molecule has 0 spiro atoms. The molecular weight excluding hydrogens is 170 g/mol. The third-order valence-electron chi connectivity index (χ3n) is 1.61. The lowest BCUT2D eigenvalue weighted by Crippen LogP contribution is -2.04. The van der Waals surface area contributed by atoms with Crippen molar-refractivity contribution in [2.24, 2.45) is 0 Å². The topological polar surface area (TPSA) is 35.2 Å². The highest BCUT2D eigenvalue weighted by Gasteiger charge is 2.04. The van der Waals surface area contributed by atoms with Crippen LogP contribution >= 0.6 is 12.2 Å². The minimum absolute atomic E-state index is 0.438. The first-order valence-corrected chi connectivity index (χ1v) is 4.00. The van der Waals surface area contributed by atoms with E-state index in [9.17, 15) is 0 Å². The molecule has 2 N–H and O–H groups in total. The molecule has 0 aliphatic heterocycles. The van der Waals surface area contributed by atoms with Gasteiger partial charge in [-0.15, -0.1) is 0 Å². The fourth-order valence-corrected chi connectivity index (χ4v) is 1.16. The summed E-state index contributed by atoms with van der Waals surface area (Å²) in [6, 6.07) is 5.70. The van der Waals surface area contributed by atoms with Gasteiger partial charge < -0.3 is 10.5 Å². The third-order valence-corrected chi connectivity index (χ3v) is 2.00. The predicted molar refractivity (Wildman–Crippen MR) is 54.3 cm³/mol. The minimum atomic E-state index is 0.438. The average molecular weight is 181 g/mol. The van der Waals surface area contributed by atoms with Crippen LogP contribution in [0.2, 0.25) is 0 Å². The van der Waals surface area contributed by atoms with Crippen molar-refractivity contribution >= 4 is 23.0 Å². The van der Waals surface area contributed by atoms with E-state index >= 15 is 0 Å². The zero-order valence-corrected chi connectivity index (χ0v) is 7.94. The number of thiocarbonyl (C=S) groups is 1. The Kier molecular flexibility index (Phi) is 2.65. The first kappa shape index (κ1) is 9.00. The number of anilines is 1. The summed E-state index contributed by atoms with van der Waals surface area (Å²) in [5, 5.41) is 0.438. The second-order valence-electron chi connectivity index (χ2n) is 2.58. The number of methoxy groups -OCH3 is 1. The zero-order chi connectivity index (χ0) is 9.14. The molecule has 3 heteroatoms. The highest BCUT2D eigenvalue weighted by atomic mass is 32.1. The van der Waals surface area contributed by atoms with Gasteiger partial charge >= 0.3 is 0 Å². The van der Waals surface area contributed by atoms with Crippen LogP contribution in [-0.2, 0) is 4.74 Å². The molecule has 0 aromatic heterocycles. The molecule has 0 fully saturated rings. The van der Waals surface area contributed by atoms with Crippen molar-refractivity contribution in [3.8, 4) is 0 Å². The summed E-state index contributed by atoms with van der Waals surface area (Å²) in [6.45, 7) is 1.98. The number of hydrogen-bond acceptors (Lipinski definition) is 3. The molecule has 2 nitrogen and oxygen atoms in total. The van der Waals surface area contributed by atoms with E-state index in [0.717, 1.165) is 11.1 Å². The lowest BCUT2D eigenvalue weighted by atomic mass is 10.1. The van der Waals surface area contributed by atoms with Crippen LogP contribution in [0.25, 0.3) is 0 Å². The Morgan fingerprint density at radius 3 is 2.67 bits per heavy atom. The molecule has 1 aromatic carbocycles. The van der Waals surface area contributed by atoms with Gasteiger partial charge in [0.15, 0.2) is 5.05 Å². The van der Waals surface area contributed by atoms with Crippen molar-refractivity contribution in [3.05, 3.63) is 29.3 Å². The van der Waals surface area contributed by atoms with Gasteiger partial charge in [0.05, 0.1) is 12.7 Å². The molecule has 0 radical (unpaired) electrons. The first-order chi connectivity index (χ1) is 5.65. The van der Waals surface area contributed by atoms with Gasteiger partial charge in [0, 0.05) is 5.69 Å². The Morgan fingerprint density at radius 2 is 2.17 bits per heavy atom. The van der Waals surface area contributed by atoms with E-state index in [0.29, 0.717) is 10.7 Å². The van der Waals surface area contributed by atoms with E-state index in [4.69, 9.17) is 22.7 Å². The first-order valence-electron chi connectivity index (χ1n) is 3.59. The Bertz CT molecular complexity index is 309. The maximum Gasteiger partial charge on any atom is 0.192 e. The number of ether oxygens (including phenoxy) is 1. The Labute approximate surface area is 77.3 Å². The quantitative estimate of drug-likeness (QED) is 0.531. The van der Waals surface area contributed by atoms with Gasteiger partial charge in [-0.25, -0.2) is 0 Å². The van der Waals surface area contributed by atoms with Crippen molar-refractivity contribution in [3.63, 3.8) is 0 Å². The van der Waals surface area contributed by atoms with E-state index in [1.54, 1.807) is 7.11 Å². The van der Waals surface area contributed by atoms with Crippen LogP contribution in [0.4, 0.5) is 5.69 Å². The van der Waals surface area contributed by atoms with Gasteiger partial charge in [0.25, 0.3) is 0 Å². The Morgan fingerprint density at radius 1 is 1.50 bits per heavy atom. The minimum Gasteiger partial charge on any atom is -0.486 e.